The molecule has 0 bridgehead atoms. The van der Waals surface area contributed by atoms with Gasteiger partial charge < -0.3 is 10.6 Å². The third-order valence-electron chi connectivity index (χ3n) is 2.42. The van der Waals surface area contributed by atoms with Crippen molar-refractivity contribution in [2.75, 3.05) is 11.9 Å². The van der Waals surface area contributed by atoms with Crippen LogP contribution in [-0.4, -0.2) is 22.1 Å². The van der Waals surface area contributed by atoms with Crippen LogP contribution < -0.4 is 10.6 Å². The third-order valence-corrected chi connectivity index (χ3v) is 2.42. The van der Waals surface area contributed by atoms with Gasteiger partial charge in [-0.15, -0.1) is 0 Å². The summed E-state index contributed by atoms with van der Waals surface area (Å²) in [4.78, 5) is 8.76. The number of hydrogen-bond donors (Lipinski definition) is 2. The highest BCUT2D eigenvalue weighted by molar-refractivity contribution is 5.28. The highest BCUT2D eigenvalue weighted by atomic mass is 15.1. The molecule has 0 radical (unpaired) electrons. The van der Waals surface area contributed by atoms with Gasteiger partial charge in [0.15, 0.2) is 0 Å². The Bertz CT molecular complexity index is 355. The summed E-state index contributed by atoms with van der Waals surface area (Å²) in [6.45, 7) is 12.3. The molecule has 0 fully saturated rings. The van der Waals surface area contributed by atoms with Crippen LogP contribution in [-0.2, 0) is 6.54 Å². The van der Waals surface area contributed by atoms with Crippen molar-refractivity contribution in [3.8, 4) is 0 Å². The lowest BCUT2D eigenvalue weighted by Crippen LogP contribution is -2.35. The van der Waals surface area contributed by atoms with Crippen LogP contribution in [0.2, 0.25) is 0 Å². The molecule has 0 spiro atoms. The van der Waals surface area contributed by atoms with Gasteiger partial charge in [0, 0.05) is 36.1 Å². The van der Waals surface area contributed by atoms with Gasteiger partial charge in [-0.25, -0.2) is 9.97 Å². The number of rotatable bonds is 5. The summed E-state index contributed by atoms with van der Waals surface area (Å²) in [5.74, 6) is 0.726. The number of aromatic nitrogens is 2. The second-order valence-corrected chi connectivity index (χ2v) is 5.33. The van der Waals surface area contributed by atoms with Gasteiger partial charge in [0.25, 0.3) is 0 Å². The molecule has 0 aliphatic carbocycles. The summed E-state index contributed by atoms with van der Waals surface area (Å²) in [5, 5.41) is 6.63. The Morgan fingerprint density at radius 2 is 2.00 bits per heavy atom. The maximum Gasteiger partial charge on any atom is 0.222 e. The average molecular weight is 236 g/mol. The molecular formula is C13H24N4. The molecule has 0 atom stereocenters. The molecule has 0 aliphatic rings. The Hall–Kier alpha value is -1.16. The molecule has 0 saturated heterocycles. The normalized spacial score (nSPS) is 11.6. The minimum absolute atomic E-state index is 0.117. The fourth-order valence-electron chi connectivity index (χ4n) is 1.35. The summed E-state index contributed by atoms with van der Waals surface area (Å²) >= 11 is 0. The first-order valence-corrected chi connectivity index (χ1v) is 6.24. The second-order valence-electron chi connectivity index (χ2n) is 5.33. The highest BCUT2D eigenvalue weighted by Gasteiger charge is 2.10. The summed E-state index contributed by atoms with van der Waals surface area (Å²) in [6.07, 6.45) is 2.98. The van der Waals surface area contributed by atoms with Crippen molar-refractivity contribution in [3.63, 3.8) is 0 Å². The smallest absolute Gasteiger partial charge is 0.222 e. The number of anilines is 1. The maximum atomic E-state index is 4.45. The van der Waals surface area contributed by atoms with Crippen LogP contribution in [0.25, 0.3) is 0 Å². The SMILES string of the molecule is CCCNc1ncc(CNC(C)(C)C)c(C)n1. The molecule has 4 nitrogen and oxygen atoms in total. The van der Waals surface area contributed by atoms with E-state index in [9.17, 15) is 0 Å². The zero-order valence-corrected chi connectivity index (χ0v) is 11.6. The predicted molar refractivity (Wildman–Crippen MR) is 72.1 cm³/mol. The molecule has 17 heavy (non-hydrogen) atoms. The lowest BCUT2D eigenvalue weighted by atomic mass is 10.1. The fraction of sp³-hybridized carbons (Fsp3) is 0.692. The molecule has 4 heteroatoms. The summed E-state index contributed by atoms with van der Waals surface area (Å²) in [7, 11) is 0. The Labute approximate surface area is 104 Å². The first-order valence-electron chi connectivity index (χ1n) is 6.24. The maximum absolute atomic E-state index is 4.45. The monoisotopic (exact) mass is 236 g/mol. The minimum Gasteiger partial charge on any atom is -0.354 e. The first-order chi connectivity index (χ1) is 7.92. The molecule has 1 aromatic rings. The summed E-state index contributed by atoms with van der Waals surface area (Å²) < 4.78 is 0. The van der Waals surface area contributed by atoms with Crippen molar-refractivity contribution < 1.29 is 0 Å². The van der Waals surface area contributed by atoms with E-state index < -0.39 is 0 Å². The van der Waals surface area contributed by atoms with Crippen LogP contribution in [0.5, 0.6) is 0 Å². The van der Waals surface area contributed by atoms with Crippen LogP contribution in [0, 0.1) is 6.92 Å². The molecule has 0 unspecified atom stereocenters. The molecule has 0 amide bonds. The fourth-order valence-corrected chi connectivity index (χ4v) is 1.35. The molecule has 0 saturated carbocycles. The van der Waals surface area contributed by atoms with E-state index in [1.807, 2.05) is 13.1 Å². The molecule has 0 aliphatic heterocycles. The summed E-state index contributed by atoms with van der Waals surface area (Å²) in [5.41, 5.74) is 2.31. The van der Waals surface area contributed by atoms with Crippen LogP contribution in [0.15, 0.2) is 6.20 Å². The van der Waals surface area contributed by atoms with E-state index in [2.05, 4.69) is 48.3 Å². The second kappa shape index (κ2) is 5.96. The quantitative estimate of drug-likeness (QED) is 0.824. The Kier molecular flexibility index (Phi) is 4.87. The predicted octanol–water partition coefficient (Wildman–Crippen LogP) is 2.50. The lowest BCUT2D eigenvalue weighted by Gasteiger charge is -2.21. The average Bonchev–Trinajstić information content (AvgIpc) is 2.23. The number of hydrogen-bond acceptors (Lipinski definition) is 4. The van der Waals surface area contributed by atoms with Gasteiger partial charge in [-0.1, -0.05) is 6.92 Å². The van der Waals surface area contributed by atoms with E-state index in [1.165, 1.54) is 0 Å². The van der Waals surface area contributed by atoms with Crippen molar-refractivity contribution in [1.29, 1.82) is 0 Å². The van der Waals surface area contributed by atoms with Gasteiger partial charge in [-0.3, -0.25) is 0 Å². The van der Waals surface area contributed by atoms with Crippen molar-refractivity contribution >= 4 is 5.95 Å². The third kappa shape index (κ3) is 5.13. The molecule has 2 N–H and O–H groups in total. The standard InChI is InChI=1S/C13H24N4/c1-6-7-14-12-15-8-11(10(2)17-12)9-16-13(3,4)5/h8,16H,6-7,9H2,1-5H3,(H,14,15,17). The lowest BCUT2D eigenvalue weighted by molar-refractivity contribution is 0.423. The topological polar surface area (TPSA) is 49.8 Å². The van der Waals surface area contributed by atoms with Crippen LogP contribution >= 0.6 is 0 Å². The zero-order valence-electron chi connectivity index (χ0n) is 11.6. The van der Waals surface area contributed by atoms with E-state index >= 15 is 0 Å². The number of nitrogens with one attached hydrogen (secondary N) is 2. The molecule has 1 heterocycles. The van der Waals surface area contributed by atoms with Gasteiger partial charge in [-0.05, 0) is 34.1 Å². The zero-order chi connectivity index (χ0) is 12.9. The minimum atomic E-state index is 0.117. The van der Waals surface area contributed by atoms with Gasteiger partial charge in [0.1, 0.15) is 0 Å². The number of aryl methyl sites for hydroxylation is 1. The molecule has 0 aromatic carbocycles. The number of nitrogens with zero attached hydrogens (tertiary/aromatic N) is 2. The van der Waals surface area contributed by atoms with Gasteiger partial charge in [0.2, 0.25) is 5.95 Å². The van der Waals surface area contributed by atoms with Gasteiger partial charge in [-0.2, -0.15) is 0 Å². The van der Waals surface area contributed by atoms with Crippen molar-refractivity contribution in [1.82, 2.24) is 15.3 Å². The Morgan fingerprint density at radius 1 is 1.29 bits per heavy atom. The Balaban J connectivity index is 2.63. The van der Waals surface area contributed by atoms with E-state index in [4.69, 9.17) is 0 Å². The molecule has 96 valence electrons. The van der Waals surface area contributed by atoms with E-state index in [-0.39, 0.29) is 5.54 Å². The molecule has 1 aromatic heterocycles. The summed E-state index contributed by atoms with van der Waals surface area (Å²) in [6, 6.07) is 0. The van der Waals surface area contributed by atoms with Gasteiger partial charge in [0.05, 0.1) is 0 Å². The van der Waals surface area contributed by atoms with Crippen molar-refractivity contribution in [2.45, 2.75) is 53.1 Å². The first kappa shape index (κ1) is 13.9. The van der Waals surface area contributed by atoms with E-state index in [1.54, 1.807) is 0 Å². The van der Waals surface area contributed by atoms with Crippen LogP contribution in [0.3, 0.4) is 0 Å². The largest absolute Gasteiger partial charge is 0.354 e. The Morgan fingerprint density at radius 3 is 2.53 bits per heavy atom. The van der Waals surface area contributed by atoms with Crippen LogP contribution in [0.1, 0.15) is 45.4 Å². The van der Waals surface area contributed by atoms with E-state index in [0.29, 0.717) is 0 Å². The van der Waals surface area contributed by atoms with Crippen LogP contribution in [0.4, 0.5) is 5.95 Å². The van der Waals surface area contributed by atoms with Gasteiger partial charge >= 0.3 is 0 Å². The van der Waals surface area contributed by atoms with Crippen molar-refractivity contribution in [2.24, 2.45) is 0 Å². The van der Waals surface area contributed by atoms with E-state index in [0.717, 1.165) is 36.7 Å². The molecule has 1 rings (SSSR count). The molecular weight excluding hydrogens is 212 g/mol. The highest BCUT2D eigenvalue weighted by Crippen LogP contribution is 2.09. The van der Waals surface area contributed by atoms with Crippen molar-refractivity contribution in [3.05, 3.63) is 17.5 Å².